The largest absolute Gasteiger partial charge is 0.493 e. The van der Waals surface area contributed by atoms with Crippen LogP contribution < -0.4 is 20.5 Å². The fraction of sp³-hybridized carbons (Fsp3) is 0.417. The van der Waals surface area contributed by atoms with E-state index in [9.17, 15) is 0 Å². The minimum absolute atomic E-state index is 0. The molecule has 0 aromatic heterocycles. The molecule has 0 amide bonds. The zero-order valence-electron chi connectivity index (χ0n) is 11.2. The number of nitrogens with one attached hydrogen (secondary N) is 1. The molecule has 7 heteroatoms. The van der Waals surface area contributed by atoms with Gasteiger partial charge in [-0.3, -0.25) is 4.99 Å². The number of benzene rings is 1. The van der Waals surface area contributed by atoms with E-state index in [0.29, 0.717) is 11.5 Å². The molecule has 0 aliphatic rings. The first kappa shape index (κ1) is 17.8. The molecule has 0 aliphatic heterocycles. The molecule has 6 nitrogen and oxygen atoms in total. The summed E-state index contributed by atoms with van der Waals surface area (Å²) in [7, 11) is 3.13. The third-order valence-electron chi connectivity index (χ3n) is 2.18. The number of guanidine groups is 1. The molecule has 1 unspecified atom stereocenters. The van der Waals surface area contributed by atoms with Gasteiger partial charge in [0.05, 0.1) is 26.9 Å². The van der Waals surface area contributed by atoms with Crippen molar-refractivity contribution in [1.82, 2.24) is 0 Å². The van der Waals surface area contributed by atoms with Crippen molar-refractivity contribution < 1.29 is 14.6 Å². The molecule has 0 saturated heterocycles. The third-order valence-corrected chi connectivity index (χ3v) is 2.18. The Bertz CT molecular complexity index is 425. The predicted molar refractivity (Wildman–Crippen MR) is 86.8 cm³/mol. The second kappa shape index (κ2) is 8.81. The van der Waals surface area contributed by atoms with E-state index in [1.807, 2.05) is 0 Å². The van der Waals surface area contributed by atoms with Crippen LogP contribution in [0.2, 0.25) is 0 Å². The van der Waals surface area contributed by atoms with Gasteiger partial charge in [0.1, 0.15) is 0 Å². The molecule has 0 heterocycles. The van der Waals surface area contributed by atoms with Crippen molar-refractivity contribution in [1.29, 1.82) is 0 Å². The van der Waals surface area contributed by atoms with Gasteiger partial charge in [-0.15, -0.1) is 24.0 Å². The molecular weight excluding hydrogens is 361 g/mol. The van der Waals surface area contributed by atoms with Gasteiger partial charge < -0.3 is 25.6 Å². The number of methoxy groups -OCH3 is 2. The molecule has 1 rings (SSSR count). The van der Waals surface area contributed by atoms with Crippen LogP contribution in [0.3, 0.4) is 0 Å². The lowest BCUT2D eigenvalue weighted by Crippen LogP contribution is -2.24. The number of hydrogen-bond acceptors (Lipinski definition) is 4. The summed E-state index contributed by atoms with van der Waals surface area (Å²) in [6, 6.07) is 5.32. The van der Waals surface area contributed by atoms with E-state index in [-0.39, 0.29) is 36.5 Å². The van der Waals surface area contributed by atoms with E-state index in [2.05, 4.69) is 10.3 Å². The van der Waals surface area contributed by atoms with Crippen LogP contribution in [0.4, 0.5) is 5.69 Å². The average Bonchev–Trinajstić information content (AvgIpc) is 2.36. The lowest BCUT2D eigenvalue weighted by atomic mass is 10.3. The minimum atomic E-state index is -0.518. The van der Waals surface area contributed by atoms with Gasteiger partial charge in [0.15, 0.2) is 17.5 Å². The molecule has 0 fully saturated rings. The number of nitrogens with two attached hydrogens (primary N) is 1. The SMILES string of the molecule is COc1ccc(NC(N)=NCC(C)O)cc1OC.I. The zero-order valence-corrected chi connectivity index (χ0v) is 13.5. The number of rotatable bonds is 5. The molecule has 108 valence electrons. The van der Waals surface area contributed by atoms with Crippen LogP contribution in [0.5, 0.6) is 11.5 Å². The van der Waals surface area contributed by atoms with E-state index in [0.717, 1.165) is 5.69 Å². The van der Waals surface area contributed by atoms with Crippen molar-refractivity contribution in [3.63, 3.8) is 0 Å². The topological polar surface area (TPSA) is 89.1 Å². The number of ether oxygens (including phenoxy) is 2. The van der Waals surface area contributed by atoms with Crippen LogP contribution in [0.1, 0.15) is 6.92 Å². The highest BCUT2D eigenvalue weighted by Crippen LogP contribution is 2.29. The van der Waals surface area contributed by atoms with Gasteiger partial charge >= 0.3 is 0 Å². The summed E-state index contributed by atoms with van der Waals surface area (Å²) in [5.74, 6) is 1.48. The number of halogens is 1. The zero-order chi connectivity index (χ0) is 13.5. The van der Waals surface area contributed by atoms with E-state index < -0.39 is 6.10 Å². The first-order chi connectivity index (χ1) is 8.56. The van der Waals surface area contributed by atoms with Crippen LogP contribution in [-0.2, 0) is 0 Å². The molecule has 0 radical (unpaired) electrons. The fourth-order valence-electron chi connectivity index (χ4n) is 1.33. The summed E-state index contributed by atoms with van der Waals surface area (Å²) in [5, 5.41) is 12.0. The fourth-order valence-corrected chi connectivity index (χ4v) is 1.33. The lowest BCUT2D eigenvalue weighted by Gasteiger charge is -2.11. The number of aliphatic imine (C=N–C) groups is 1. The Kier molecular flexibility index (Phi) is 8.24. The van der Waals surface area contributed by atoms with Crippen LogP contribution >= 0.6 is 24.0 Å². The van der Waals surface area contributed by atoms with Gasteiger partial charge in [-0.25, -0.2) is 0 Å². The highest BCUT2D eigenvalue weighted by atomic mass is 127. The van der Waals surface area contributed by atoms with Gasteiger partial charge in [0.2, 0.25) is 0 Å². The maximum absolute atomic E-state index is 9.09. The molecule has 1 atom stereocenters. The molecule has 19 heavy (non-hydrogen) atoms. The molecule has 1 aromatic carbocycles. The molecule has 0 aliphatic carbocycles. The van der Waals surface area contributed by atoms with Gasteiger partial charge in [0.25, 0.3) is 0 Å². The monoisotopic (exact) mass is 381 g/mol. The van der Waals surface area contributed by atoms with E-state index >= 15 is 0 Å². The Morgan fingerprint density at radius 3 is 2.53 bits per heavy atom. The number of nitrogens with zero attached hydrogens (tertiary/aromatic N) is 1. The highest BCUT2D eigenvalue weighted by Gasteiger charge is 2.05. The van der Waals surface area contributed by atoms with Crippen molar-refractivity contribution in [3.8, 4) is 11.5 Å². The molecule has 1 aromatic rings. The number of anilines is 1. The summed E-state index contributed by atoms with van der Waals surface area (Å²) in [5.41, 5.74) is 6.41. The smallest absolute Gasteiger partial charge is 0.193 e. The number of hydrogen-bond donors (Lipinski definition) is 3. The van der Waals surface area contributed by atoms with Gasteiger partial charge in [-0.05, 0) is 19.1 Å². The first-order valence-corrected chi connectivity index (χ1v) is 5.54. The van der Waals surface area contributed by atoms with Crippen molar-refractivity contribution in [2.75, 3.05) is 26.1 Å². The molecule has 0 spiro atoms. The maximum atomic E-state index is 9.09. The van der Waals surface area contributed by atoms with Crippen LogP contribution in [-0.4, -0.2) is 37.9 Å². The van der Waals surface area contributed by atoms with Crippen molar-refractivity contribution >= 4 is 35.6 Å². The predicted octanol–water partition coefficient (Wildman–Crippen LogP) is 1.43. The normalized spacial score (nSPS) is 12.3. The Morgan fingerprint density at radius 1 is 1.37 bits per heavy atom. The lowest BCUT2D eigenvalue weighted by molar-refractivity contribution is 0.204. The van der Waals surface area contributed by atoms with E-state index in [1.165, 1.54) is 0 Å². The summed E-state index contributed by atoms with van der Waals surface area (Å²) in [4.78, 5) is 3.98. The Morgan fingerprint density at radius 2 is 2.00 bits per heavy atom. The summed E-state index contributed by atoms with van der Waals surface area (Å²) < 4.78 is 10.3. The second-order valence-electron chi connectivity index (χ2n) is 3.77. The van der Waals surface area contributed by atoms with E-state index in [1.54, 1.807) is 39.3 Å². The first-order valence-electron chi connectivity index (χ1n) is 5.54. The second-order valence-corrected chi connectivity index (χ2v) is 3.77. The number of aliphatic hydroxyl groups is 1. The van der Waals surface area contributed by atoms with Crippen LogP contribution in [0.25, 0.3) is 0 Å². The minimum Gasteiger partial charge on any atom is -0.493 e. The van der Waals surface area contributed by atoms with Gasteiger partial charge in [0, 0.05) is 11.8 Å². The summed E-state index contributed by atoms with van der Waals surface area (Å²) in [6.45, 7) is 1.90. The van der Waals surface area contributed by atoms with E-state index in [4.69, 9.17) is 20.3 Å². The van der Waals surface area contributed by atoms with Crippen LogP contribution in [0, 0.1) is 0 Å². The van der Waals surface area contributed by atoms with Gasteiger partial charge in [-0.1, -0.05) is 0 Å². The maximum Gasteiger partial charge on any atom is 0.193 e. The quantitative estimate of drug-likeness (QED) is 0.408. The number of aliphatic hydroxyl groups excluding tert-OH is 1. The molecule has 0 bridgehead atoms. The highest BCUT2D eigenvalue weighted by molar-refractivity contribution is 14.0. The Hall–Kier alpha value is -1.22. The Labute approximate surface area is 130 Å². The molecular formula is C12H20IN3O3. The third kappa shape index (κ3) is 5.97. The van der Waals surface area contributed by atoms with Crippen molar-refractivity contribution in [3.05, 3.63) is 18.2 Å². The van der Waals surface area contributed by atoms with Gasteiger partial charge in [-0.2, -0.15) is 0 Å². The molecule has 0 saturated carbocycles. The van der Waals surface area contributed by atoms with Crippen molar-refractivity contribution in [2.45, 2.75) is 13.0 Å². The Balaban J connectivity index is 0.00000324. The average molecular weight is 381 g/mol. The molecule has 4 N–H and O–H groups in total. The standard InChI is InChI=1S/C12H19N3O3.HI/c1-8(16)7-14-12(13)15-9-4-5-10(17-2)11(6-9)18-3;/h4-6,8,16H,7H2,1-3H3,(H3,13,14,15);1H. The summed E-state index contributed by atoms with van der Waals surface area (Å²) >= 11 is 0. The summed E-state index contributed by atoms with van der Waals surface area (Å²) in [6.07, 6.45) is -0.518. The van der Waals surface area contributed by atoms with Crippen LogP contribution in [0.15, 0.2) is 23.2 Å². The van der Waals surface area contributed by atoms with Crippen molar-refractivity contribution in [2.24, 2.45) is 10.7 Å².